The van der Waals surface area contributed by atoms with E-state index in [2.05, 4.69) is 26.5 Å². The first-order valence-corrected chi connectivity index (χ1v) is 7.49. The number of benzene rings is 1. The molecule has 2 rings (SSSR count). The van der Waals surface area contributed by atoms with Gasteiger partial charge in [-0.15, -0.1) is 6.58 Å². The molecule has 0 bridgehead atoms. The fourth-order valence-corrected chi connectivity index (χ4v) is 3.58. The topological polar surface area (TPSA) is 0 Å². The Morgan fingerprint density at radius 1 is 1.11 bits per heavy atom. The van der Waals surface area contributed by atoms with E-state index in [1.165, 1.54) is 31.2 Å². The zero-order valence-corrected chi connectivity index (χ0v) is 12.1. The molecule has 1 fully saturated rings. The van der Waals surface area contributed by atoms with Crippen molar-refractivity contribution < 1.29 is 4.39 Å². The SMILES string of the molecule is C=CC(C(C)C)[C@H]1CC[C@H](c2ccc(F)cc2)CC1. The second kappa shape index (κ2) is 6.36. The lowest BCUT2D eigenvalue weighted by atomic mass is 9.71. The van der Waals surface area contributed by atoms with Gasteiger partial charge in [0.15, 0.2) is 0 Å². The van der Waals surface area contributed by atoms with Crippen molar-refractivity contribution in [3.8, 4) is 0 Å². The highest BCUT2D eigenvalue weighted by Crippen LogP contribution is 2.40. The maximum Gasteiger partial charge on any atom is 0.123 e. The highest BCUT2D eigenvalue weighted by atomic mass is 19.1. The molecule has 0 spiro atoms. The van der Waals surface area contributed by atoms with Crippen molar-refractivity contribution in [3.63, 3.8) is 0 Å². The summed E-state index contributed by atoms with van der Waals surface area (Å²) in [4.78, 5) is 0. The van der Waals surface area contributed by atoms with Gasteiger partial charge in [-0.25, -0.2) is 4.39 Å². The minimum absolute atomic E-state index is 0.135. The monoisotopic (exact) mass is 260 g/mol. The van der Waals surface area contributed by atoms with E-state index in [9.17, 15) is 4.39 Å². The first kappa shape index (κ1) is 14.3. The lowest BCUT2D eigenvalue weighted by Gasteiger charge is -2.34. The zero-order chi connectivity index (χ0) is 13.8. The minimum Gasteiger partial charge on any atom is -0.207 e. The summed E-state index contributed by atoms with van der Waals surface area (Å²) in [5.74, 6) is 2.60. The van der Waals surface area contributed by atoms with Gasteiger partial charge in [0.25, 0.3) is 0 Å². The molecule has 1 saturated carbocycles. The molecule has 19 heavy (non-hydrogen) atoms. The van der Waals surface area contributed by atoms with Gasteiger partial charge in [-0.1, -0.05) is 32.1 Å². The molecule has 0 aliphatic heterocycles. The fraction of sp³-hybridized carbons (Fsp3) is 0.556. The van der Waals surface area contributed by atoms with E-state index in [1.807, 2.05) is 12.1 Å². The molecule has 1 aromatic rings. The molecule has 1 aromatic carbocycles. The van der Waals surface area contributed by atoms with Crippen LogP contribution in [0.1, 0.15) is 51.0 Å². The molecule has 0 saturated heterocycles. The van der Waals surface area contributed by atoms with Crippen LogP contribution >= 0.6 is 0 Å². The summed E-state index contributed by atoms with van der Waals surface area (Å²) < 4.78 is 12.9. The molecule has 1 heteroatoms. The predicted molar refractivity (Wildman–Crippen MR) is 79.6 cm³/mol. The summed E-state index contributed by atoms with van der Waals surface area (Å²) >= 11 is 0. The van der Waals surface area contributed by atoms with Crippen molar-refractivity contribution in [2.75, 3.05) is 0 Å². The van der Waals surface area contributed by atoms with Crippen molar-refractivity contribution in [1.29, 1.82) is 0 Å². The lowest BCUT2D eigenvalue weighted by Crippen LogP contribution is -2.23. The third kappa shape index (κ3) is 3.46. The van der Waals surface area contributed by atoms with Crippen LogP contribution in [-0.4, -0.2) is 0 Å². The van der Waals surface area contributed by atoms with Gasteiger partial charge in [-0.3, -0.25) is 0 Å². The van der Waals surface area contributed by atoms with Crippen LogP contribution < -0.4 is 0 Å². The van der Waals surface area contributed by atoms with E-state index in [0.717, 1.165) is 5.92 Å². The minimum atomic E-state index is -0.135. The van der Waals surface area contributed by atoms with E-state index in [4.69, 9.17) is 0 Å². The summed E-state index contributed by atoms with van der Waals surface area (Å²) in [6.45, 7) is 8.58. The molecule has 1 aliphatic rings. The molecule has 1 atom stereocenters. The van der Waals surface area contributed by atoms with Gasteiger partial charge in [0.2, 0.25) is 0 Å². The van der Waals surface area contributed by atoms with Crippen LogP contribution in [0.15, 0.2) is 36.9 Å². The van der Waals surface area contributed by atoms with Crippen LogP contribution in [-0.2, 0) is 0 Å². The van der Waals surface area contributed by atoms with Gasteiger partial charge >= 0.3 is 0 Å². The Morgan fingerprint density at radius 3 is 2.16 bits per heavy atom. The molecule has 1 unspecified atom stereocenters. The number of hydrogen-bond acceptors (Lipinski definition) is 0. The average molecular weight is 260 g/mol. The van der Waals surface area contributed by atoms with Crippen LogP contribution in [0.3, 0.4) is 0 Å². The van der Waals surface area contributed by atoms with Crippen molar-refractivity contribution in [2.45, 2.75) is 45.4 Å². The maximum absolute atomic E-state index is 12.9. The second-order valence-corrected chi connectivity index (χ2v) is 6.22. The Kier molecular flexibility index (Phi) is 4.79. The van der Waals surface area contributed by atoms with Crippen molar-refractivity contribution in [3.05, 3.63) is 48.3 Å². The van der Waals surface area contributed by atoms with Crippen molar-refractivity contribution in [1.82, 2.24) is 0 Å². The lowest BCUT2D eigenvalue weighted by molar-refractivity contribution is 0.224. The molecule has 0 nitrogen and oxygen atoms in total. The number of rotatable bonds is 4. The Bertz CT molecular complexity index is 396. The number of allylic oxidation sites excluding steroid dienone is 1. The molecule has 0 amide bonds. The molecule has 0 N–H and O–H groups in total. The fourth-order valence-electron chi connectivity index (χ4n) is 3.58. The number of hydrogen-bond donors (Lipinski definition) is 0. The molecule has 1 aliphatic carbocycles. The van der Waals surface area contributed by atoms with E-state index >= 15 is 0 Å². The molecule has 0 radical (unpaired) electrons. The van der Waals surface area contributed by atoms with E-state index < -0.39 is 0 Å². The summed E-state index contributed by atoms with van der Waals surface area (Å²) in [7, 11) is 0. The summed E-state index contributed by atoms with van der Waals surface area (Å²) in [5, 5.41) is 0. The van der Waals surface area contributed by atoms with Gasteiger partial charge in [0, 0.05) is 0 Å². The van der Waals surface area contributed by atoms with E-state index in [1.54, 1.807) is 12.1 Å². The Morgan fingerprint density at radius 2 is 1.68 bits per heavy atom. The van der Waals surface area contributed by atoms with Gasteiger partial charge in [0.05, 0.1) is 0 Å². The van der Waals surface area contributed by atoms with Crippen molar-refractivity contribution in [2.24, 2.45) is 17.8 Å². The average Bonchev–Trinajstić information content (AvgIpc) is 2.41. The Hall–Kier alpha value is -1.11. The van der Waals surface area contributed by atoms with Gasteiger partial charge in [-0.2, -0.15) is 0 Å². The van der Waals surface area contributed by atoms with Gasteiger partial charge in [0.1, 0.15) is 5.82 Å². The first-order valence-electron chi connectivity index (χ1n) is 7.49. The van der Waals surface area contributed by atoms with E-state index in [-0.39, 0.29) is 5.82 Å². The Labute approximate surface area is 116 Å². The number of halogens is 1. The van der Waals surface area contributed by atoms with Crippen LogP contribution in [0.25, 0.3) is 0 Å². The molecule has 0 aromatic heterocycles. The standard InChI is InChI=1S/C18H25F/c1-4-18(13(2)3)16-7-5-14(6-8-16)15-9-11-17(19)12-10-15/h4,9-14,16,18H,1,5-8H2,2-3H3/t14-,16-,18?. The highest BCUT2D eigenvalue weighted by molar-refractivity contribution is 5.21. The Balaban J connectivity index is 1.95. The van der Waals surface area contributed by atoms with Gasteiger partial charge < -0.3 is 0 Å². The van der Waals surface area contributed by atoms with Crippen LogP contribution in [0.2, 0.25) is 0 Å². The molecule has 104 valence electrons. The summed E-state index contributed by atoms with van der Waals surface area (Å²) in [6, 6.07) is 7.08. The second-order valence-electron chi connectivity index (χ2n) is 6.22. The van der Waals surface area contributed by atoms with Crippen LogP contribution in [0.4, 0.5) is 4.39 Å². The zero-order valence-electron chi connectivity index (χ0n) is 12.1. The van der Waals surface area contributed by atoms with Crippen LogP contribution in [0, 0.1) is 23.6 Å². The third-order valence-corrected chi connectivity index (χ3v) is 4.70. The molecule has 0 heterocycles. The predicted octanol–water partition coefficient (Wildman–Crippen LogP) is 5.56. The third-order valence-electron chi connectivity index (χ3n) is 4.70. The van der Waals surface area contributed by atoms with Gasteiger partial charge in [-0.05, 0) is 67.1 Å². The largest absolute Gasteiger partial charge is 0.207 e. The summed E-state index contributed by atoms with van der Waals surface area (Å²) in [6.07, 6.45) is 7.15. The molecular formula is C18H25F. The van der Waals surface area contributed by atoms with E-state index in [0.29, 0.717) is 17.8 Å². The quantitative estimate of drug-likeness (QED) is 0.622. The summed E-state index contributed by atoms with van der Waals surface area (Å²) in [5.41, 5.74) is 1.31. The van der Waals surface area contributed by atoms with Crippen molar-refractivity contribution >= 4 is 0 Å². The molecular weight excluding hydrogens is 235 g/mol. The maximum atomic E-state index is 12.9. The normalized spacial score (nSPS) is 25.3. The highest BCUT2D eigenvalue weighted by Gasteiger charge is 2.28. The smallest absolute Gasteiger partial charge is 0.123 e. The first-order chi connectivity index (χ1) is 9.11. The van der Waals surface area contributed by atoms with Crippen LogP contribution in [0.5, 0.6) is 0 Å².